The first kappa shape index (κ1) is 14.0. The predicted molar refractivity (Wildman–Crippen MR) is 101 cm³/mol. The second-order valence-corrected chi connectivity index (χ2v) is 8.49. The SMILES string of the molecule is Cc1c(-c2n3c(c[n+]2C)[se]c2ccccc23)ccc2ccccc12. The molecule has 0 fully saturated rings. The molecule has 0 bridgehead atoms. The molecule has 0 aliphatic heterocycles. The van der Waals surface area contributed by atoms with Crippen LogP contribution in [0.4, 0.5) is 0 Å². The van der Waals surface area contributed by atoms with E-state index in [1.807, 2.05) is 0 Å². The molecule has 0 unspecified atom stereocenters. The number of nitrogens with zero attached hydrogens (tertiary/aromatic N) is 2. The molecule has 2 nitrogen and oxygen atoms in total. The van der Waals surface area contributed by atoms with Crippen LogP contribution in [0.15, 0.2) is 66.9 Å². The van der Waals surface area contributed by atoms with Crippen molar-refractivity contribution in [1.82, 2.24) is 4.40 Å². The van der Waals surface area contributed by atoms with Crippen molar-refractivity contribution in [3.8, 4) is 11.4 Å². The maximum atomic E-state index is 2.45. The quantitative estimate of drug-likeness (QED) is 0.308. The second-order valence-electron chi connectivity index (χ2n) is 6.27. The Morgan fingerprint density at radius 2 is 1.71 bits per heavy atom. The molecule has 2 aromatic heterocycles. The third kappa shape index (κ3) is 1.86. The van der Waals surface area contributed by atoms with Gasteiger partial charge in [0.1, 0.15) is 0 Å². The molecule has 3 aromatic carbocycles. The summed E-state index contributed by atoms with van der Waals surface area (Å²) >= 11 is 0.386. The summed E-state index contributed by atoms with van der Waals surface area (Å²) in [6.07, 6.45) is 2.30. The third-order valence-corrected chi connectivity index (χ3v) is 7.06. The molecule has 0 saturated heterocycles. The summed E-state index contributed by atoms with van der Waals surface area (Å²) in [5.41, 5.74) is 4.01. The van der Waals surface area contributed by atoms with Gasteiger partial charge < -0.3 is 0 Å². The Kier molecular flexibility index (Phi) is 2.97. The van der Waals surface area contributed by atoms with E-state index in [0.29, 0.717) is 14.5 Å². The van der Waals surface area contributed by atoms with Gasteiger partial charge in [-0.05, 0) is 0 Å². The predicted octanol–water partition coefficient (Wildman–Crippen LogP) is 4.10. The van der Waals surface area contributed by atoms with Crippen LogP contribution in [0.25, 0.3) is 36.3 Å². The van der Waals surface area contributed by atoms with Crippen LogP contribution in [0.2, 0.25) is 0 Å². The van der Waals surface area contributed by atoms with Gasteiger partial charge in [-0.15, -0.1) is 0 Å². The minimum atomic E-state index is 0.386. The zero-order valence-corrected chi connectivity index (χ0v) is 15.4. The molecular formula is C21H17N2Se+. The van der Waals surface area contributed by atoms with Crippen LogP contribution < -0.4 is 4.57 Å². The van der Waals surface area contributed by atoms with Crippen LogP contribution in [0.3, 0.4) is 0 Å². The van der Waals surface area contributed by atoms with Crippen LogP contribution in [-0.4, -0.2) is 18.9 Å². The molecule has 0 N–H and O–H groups in total. The number of benzene rings is 3. The third-order valence-electron chi connectivity index (χ3n) is 4.83. The van der Waals surface area contributed by atoms with Crippen molar-refractivity contribution in [1.29, 1.82) is 0 Å². The molecule has 2 heterocycles. The summed E-state index contributed by atoms with van der Waals surface area (Å²) in [6.45, 7) is 2.24. The molecule has 0 saturated carbocycles. The molecule has 3 heteroatoms. The van der Waals surface area contributed by atoms with Crippen LogP contribution in [0.1, 0.15) is 5.56 Å². The van der Waals surface area contributed by atoms with Gasteiger partial charge in [-0.1, -0.05) is 0 Å². The van der Waals surface area contributed by atoms with Crippen molar-refractivity contribution in [2.24, 2.45) is 7.05 Å². The molecule has 5 aromatic rings. The van der Waals surface area contributed by atoms with Gasteiger partial charge in [0, 0.05) is 0 Å². The van der Waals surface area contributed by atoms with Crippen molar-refractivity contribution in [3.63, 3.8) is 0 Å². The first-order chi connectivity index (χ1) is 11.7. The van der Waals surface area contributed by atoms with Gasteiger partial charge in [-0.2, -0.15) is 0 Å². The zero-order valence-electron chi connectivity index (χ0n) is 13.7. The van der Waals surface area contributed by atoms with E-state index >= 15 is 0 Å². The Labute approximate surface area is 146 Å². The van der Waals surface area contributed by atoms with Crippen molar-refractivity contribution in [2.45, 2.75) is 6.92 Å². The van der Waals surface area contributed by atoms with E-state index in [4.69, 9.17) is 0 Å². The van der Waals surface area contributed by atoms with E-state index in [1.165, 1.54) is 41.9 Å². The summed E-state index contributed by atoms with van der Waals surface area (Å²) in [5.74, 6) is 1.28. The average molecular weight is 376 g/mol. The van der Waals surface area contributed by atoms with Crippen LogP contribution >= 0.6 is 0 Å². The molecule has 0 amide bonds. The summed E-state index contributed by atoms with van der Waals surface area (Å²) in [5, 5.41) is 2.64. The fourth-order valence-electron chi connectivity index (χ4n) is 3.67. The van der Waals surface area contributed by atoms with Crippen LogP contribution in [0.5, 0.6) is 0 Å². The fraction of sp³-hybridized carbons (Fsp3) is 0.0952. The average Bonchev–Trinajstić information content (AvgIpc) is 3.10. The molecule has 0 aliphatic carbocycles. The van der Waals surface area contributed by atoms with Gasteiger partial charge in [-0.25, -0.2) is 0 Å². The van der Waals surface area contributed by atoms with E-state index in [1.54, 1.807) is 0 Å². The zero-order chi connectivity index (χ0) is 16.3. The Morgan fingerprint density at radius 3 is 2.62 bits per heavy atom. The summed E-state index contributed by atoms with van der Waals surface area (Å²) in [4.78, 5) is 0. The Hall–Kier alpha value is -2.35. The number of rotatable bonds is 1. The normalized spacial score (nSPS) is 11.8. The van der Waals surface area contributed by atoms with Crippen molar-refractivity contribution < 1.29 is 4.57 Å². The van der Waals surface area contributed by atoms with Crippen molar-refractivity contribution in [3.05, 3.63) is 72.4 Å². The van der Waals surface area contributed by atoms with Crippen LogP contribution in [0, 0.1) is 6.92 Å². The van der Waals surface area contributed by atoms with E-state index < -0.39 is 0 Å². The van der Waals surface area contributed by atoms with Gasteiger partial charge >= 0.3 is 146 Å². The molecular weight excluding hydrogens is 359 g/mol. The molecule has 0 atom stereocenters. The fourth-order valence-corrected chi connectivity index (χ4v) is 6.03. The minimum absolute atomic E-state index is 0.386. The van der Waals surface area contributed by atoms with Crippen molar-refractivity contribution >= 4 is 39.4 Å². The summed E-state index contributed by atoms with van der Waals surface area (Å²) in [7, 11) is 2.16. The monoisotopic (exact) mass is 377 g/mol. The Morgan fingerprint density at radius 1 is 0.917 bits per heavy atom. The summed E-state index contributed by atoms with van der Waals surface area (Å²) < 4.78 is 7.63. The Balaban J connectivity index is 1.92. The number of hydrogen-bond acceptors (Lipinski definition) is 0. The molecule has 0 spiro atoms. The number of hydrogen-bond donors (Lipinski definition) is 0. The number of aromatic nitrogens is 2. The van der Waals surface area contributed by atoms with E-state index in [2.05, 4.69) is 89.8 Å². The van der Waals surface area contributed by atoms with Gasteiger partial charge in [0.05, 0.1) is 0 Å². The number of imidazole rings is 1. The van der Waals surface area contributed by atoms with Gasteiger partial charge in [0.15, 0.2) is 0 Å². The number of fused-ring (bicyclic) bond motifs is 4. The maximum absolute atomic E-state index is 2.45. The topological polar surface area (TPSA) is 8.29 Å². The van der Waals surface area contributed by atoms with Crippen molar-refractivity contribution in [2.75, 3.05) is 0 Å². The first-order valence-corrected chi connectivity index (χ1v) is 9.83. The molecule has 0 aliphatic rings. The van der Waals surface area contributed by atoms with Gasteiger partial charge in [-0.3, -0.25) is 0 Å². The van der Waals surface area contributed by atoms with Gasteiger partial charge in [0.25, 0.3) is 0 Å². The molecule has 24 heavy (non-hydrogen) atoms. The second kappa shape index (κ2) is 5.07. The number of aryl methyl sites for hydroxylation is 2. The summed E-state index contributed by atoms with van der Waals surface area (Å²) in [6, 6.07) is 21.9. The number of para-hydroxylation sites is 1. The Bertz CT molecular complexity index is 1230. The van der Waals surface area contributed by atoms with E-state index in [9.17, 15) is 0 Å². The molecule has 5 rings (SSSR count). The first-order valence-electron chi connectivity index (χ1n) is 8.11. The van der Waals surface area contributed by atoms with Gasteiger partial charge in [0.2, 0.25) is 0 Å². The molecule has 116 valence electrons. The van der Waals surface area contributed by atoms with E-state index in [0.717, 1.165) is 0 Å². The van der Waals surface area contributed by atoms with E-state index in [-0.39, 0.29) is 0 Å². The standard InChI is InChI=1S/C21H17N2Se/c1-14-16-8-4-3-7-15(16)11-12-17(14)21-22(2)13-20-23(21)18-9-5-6-10-19(18)24-20/h3-13H,1-2H3/q+1. The molecule has 0 radical (unpaired) electrons. The van der Waals surface area contributed by atoms with Crippen LogP contribution in [-0.2, 0) is 7.05 Å².